The Morgan fingerprint density at radius 1 is 0.735 bits per heavy atom. The van der Waals surface area contributed by atoms with Crippen LogP contribution in [-0.4, -0.2) is 9.55 Å². The molecule has 0 aliphatic heterocycles. The monoisotopic (exact) mass is 435 g/mol. The van der Waals surface area contributed by atoms with Crippen LogP contribution in [0.5, 0.6) is 0 Å². The first-order chi connectivity index (χ1) is 16.8. The first kappa shape index (κ1) is 18.7. The third kappa shape index (κ3) is 2.55. The summed E-state index contributed by atoms with van der Waals surface area (Å²) in [4.78, 5) is 4.31. The molecule has 3 heterocycles. The molecule has 34 heavy (non-hydrogen) atoms. The number of para-hydroxylation sites is 3. The summed E-state index contributed by atoms with van der Waals surface area (Å²) in [6, 6.07) is 33.3. The van der Waals surface area contributed by atoms with Crippen molar-refractivity contribution >= 4 is 43.7 Å². The average Bonchev–Trinajstić information content (AvgIpc) is 3.44. The van der Waals surface area contributed by atoms with Crippen LogP contribution in [0, 0.1) is 11.3 Å². The van der Waals surface area contributed by atoms with Crippen molar-refractivity contribution < 1.29 is 4.42 Å². The third-order valence-corrected chi connectivity index (χ3v) is 6.50. The summed E-state index contributed by atoms with van der Waals surface area (Å²) in [5.74, 6) is 0. The van der Waals surface area contributed by atoms with Gasteiger partial charge in [0.2, 0.25) is 0 Å². The van der Waals surface area contributed by atoms with Crippen LogP contribution in [0.3, 0.4) is 0 Å². The molecule has 158 valence electrons. The molecule has 0 aliphatic rings. The highest BCUT2D eigenvalue weighted by atomic mass is 16.3. The van der Waals surface area contributed by atoms with E-state index in [0.717, 1.165) is 49.8 Å². The van der Waals surface area contributed by atoms with Crippen molar-refractivity contribution in [2.24, 2.45) is 0 Å². The molecule has 4 heteroatoms. The molecule has 0 radical (unpaired) electrons. The number of pyridine rings is 1. The summed E-state index contributed by atoms with van der Waals surface area (Å²) >= 11 is 0. The van der Waals surface area contributed by atoms with E-state index in [9.17, 15) is 5.26 Å². The zero-order valence-corrected chi connectivity index (χ0v) is 18.1. The fourth-order valence-electron chi connectivity index (χ4n) is 5.08. The average molecular weight is 435 g/mol. The summed E-state index contributed by atoms with van der Waals surface area (Å²) in [6.07, 6.45) is 3.41. The van der Waals surface area contributed by atoms with Crippen molar-refractivity contribution in [2.45, 2.75) is 0 Å². The van der Waals surface area contributed by atoms with E-state index in [1.807, 2.05) is 30.5 Å². The molecular formula is C30H17N3O. The highest BCUT2D eigenvalue weighted by Crippen LogP contribution is 2.42. The minimum absolute atomic E-state index is 0.540. The van der Waals surface area contributed by atoms with Crippen molar-refractivity contribution in [3.8, 4) is 22.9 Å². The van der Waals surface area contributed by atoms with Crippen LogP contribution in [-0.2, 0) is 0 Å². The predicted octanol–water partition coefficient (Wildman–Crippen LogP) is 7.62. The molecule has 3 aromatic heterocycles. The molecular weight excluding hydrogens is 418 g/mol. The molecule has 7 rings (SSSR count). The minimum Gasteiger partial charge on any atom is -0.456 e. The molecule has 4 aromatic carbocycles. The Morgan fingerprint density at radius 3 is 2.44 bits per heavy atom. The van der Waals surface area contributed by atoms with Crippen molar-refractivity contribution in [2.75, 3.05) is 0 Å². The van der Waals surface area contributed by atoms with Crippen LogP contribution < -0.4 is 0 Å². The number of fused-ring (bicyclic) bond motifs is 7. The zero-order valence-electron chi connectivity index (χ0n) is 18.1. The van der Waals surface area contributed by atoms with Gasteiger partial charge in [-0.3, -0.25) is 4.98 Å². The summed E-state index contributed by atoms with van der Waals surface area (Å²) in [7, 11) is 0. The Bertz CT molecular complexity index is 1930. The number of aromatic nitrogens is 2. The van der Waals surface area contributed by atoms with E-state index >= 15 is 0 Å². The van der Waals surface area contributed by atoms with Crippen LogP contribution >= 0.6 is 0 Å². The number of nitriles is 1. The van der Waals surface area contributed by atoms with Gasteiger partial charge >= 0.3 is 0 Å². The van der Waals surface area contributed by atoms with Gasteiger partial charge in [-0.15, -0.1) is 0 Å². The van der Waals surface area contributed by atoms with Crippen molar-refractivity contribution in [1.29, 1.82) is 5.26 Å². The number of nitrogens with zero attached hydrogens (tertiary/aromatic N) is 3. The fraction of sp³-hybridized carbons (Fsp3) is 0. The van der Waals surface area contributed by atoms with Gasteiger partial charge in [-0.05, 0) is 36.4 Å². The highest BCUT2D eigenvalue weighted by Gasteiger charge is 2.20. The summed E-state index contributed by atoms with van der Waals surface area (Å²) < 4.78 is 8.56. The number of rotatable bonds is 2. The van der Waals surface area contributed by atoms with Gasteiger partial charge in [-0.25, -0.2) is 0 Å². The predicted molar refractivity (Wildman–Crippen MR) is 136 cm³/mol. The van der Waals surface area contributed by atoms with Crippen LogP contribution in [0.15, 0.2) is 108 Å². The van der Waals surface area contributed by atoms with E-state index in [4.69, 9.17) is 4.42 Å². The molecule has 0 saturated carbocycles. The molecule has 0 bridgehead atoms. The largest absolute Gasteiger partial charge is 0.456 e. The topological polar surface area (TPSA) is 54.8 Å². The maximum atomic E-state index is 9.43. The lowest BCUT2D eigenvalue weighted by atomic mass is 10.0. The second-order valence-corrected chi connectivity index (χ2v) is 8.38. The summed E-state index contributed by atoms with van der Waals surface area (Å²) in [5.41, 5.74) is 7.46. The van der Waals surface area contributed by atoms with Crippen LogP contribution in [0.25, 0.3) is 60.6 Å². The second-order valence-electron chi connectivity index (χ2n) is 8.38. The molecule has 7 aromatic rings. The molecule has 0 fully saturated rings. The Kier molecular flexibility index (Phi) is 3.88. The van der Waals surface area contributed by atoms with Crippen LogP contribution in [0.4, 0.5) is 0 Å². The Labute approximate surface area is 194 Å². The van der Waals surface area contributed by atoms with E-state index in [2.05, 4.69) is 82.4 Å². The lowest BCUT2D eigenvalue weighted by molar-refractivity contribution is 0.669. The quantitative estimate of drug-likeness (QED) is 0.281. The van der Waals surface area contributed by atoms with Gasteiger partial charge in [0.15, 0.2) is 0 Å². The lowest BCUT2D eigenvalue weighted by Gasteiger charge is -2.14. The van der Waals surface area contributed by atoms with Gasteiger partial charge in [-0.1, -0.05) is 54.6 Å². The molecule has 0 spiro atoms. The second kappa shape index (κ2) is 7.06. The SMILES string of the molecule is N#Cc1cncc(-c2ccccc2-n2c3ccccc3c3ccc4oc5ccccc5c4c32)c1. The first-order valence-electron chi connectivity index (χ1n) is 11.1. The number of benzene rings is 4. The standard InChI is InChI=1S/C30H17N3O/c31-16-19-15-20(18-32-17-19)21-7-1-4-10-25(21)33-26-11-5-2-8-22(26)23-13-14-28-29(30(23)33)24-9-3-6-12-27(24)34-28/h1-15,17-18H. The molecule has 0 unspecified atom stereocenters. The smallest absolute Gasteiger partial charge is 0.137 e. The van der Waals surface area contributed by atoms with E-state index in [1.54, 1.807) is 6.20 Å². The maximum absolute atomic E-state index is 9.43. The Hall–Kier alpha value is -4.88. The molecule has 4 nitrogen and oxygen atoms in total. The number of furan rings is 1. The summed E-state index contributed by atoms with van der Waals surface area (Å²) in [6.45, 7) is 0. The maximum Gasteiger partial charge on any atom is 0.137 e. The van der Waals surface area contributed by atoms with E-state index in [0.29, 0.717) is 5.56 Å². The van der Waals surface area contributed by atoms with Crippen molar-refractivity contribution in [3.63, 3.8) is 0 Å². The fourth-order valence-corrected chi connectivity index (χ4v) is 5.08. The van der Waals surface area contributed by atoms with Crippen LogP contribution in [0.1, 0.15) is 5.56 Å². The van der Waals surface area contributed by atoms with E-state index in [1.165, 1.54) is 10.8 Å². The number of hydrogen-bond acceptors (Lipinski definition) is 3. The zero-order chi connectivity index (χ0) is 22.6. The van der Waals surface area contributed by atoms with Gasteiger partial charge in [0.25, 0.3) is 0 Å². The summed E-state index contributed by atoms with van der Waals surface area (Å²) in [5, 5.41) is 14.0. The first-order valence-corrected chi connectivity index (χ1v) is 11.1. The van der Waals surface area contributed by atoms with Gasteiger partial charge in [0.05, 0.1) is 27.7 Å². The van der Waals surface area contributed by atoms with Crippen molar-refractivity contribution in [1.82, 2.24) is 9.55 Å². The van der Waals surface area contributed by atoms with Gasteiger partial charge in [0, 0.05) is 39.7 Å². The highest BCUT2D eigenvalue weighted by molar-refractivity contribution is 6.24. The van der Waals surface area contributed by atoms with Crippen LogP contribution in [0.2, 0.25) is 0 Å². The van der Waals surface area contributed by atoms with Gasteiger partial charge in [-0.2, -0.15) is 5.26 Å². The molecule has 0 saturated heterocycles. The van der Waals surface area contributed by atoms with E-state index in [-0.39, 0.29) is 0 Å². The minimum atomic E-state index is 0.540. The molecule has 0 amide bonds. The molecule has 0 atom stereocenters. The Balaban J connectivity index is 1.69. The third-order valence-electron chi connectivity index (χ3n) is 6.50. The van der Waals surface area contributed by atoms with Gasteiger partial charge < -0.3 is 8.98 Å². The lowest BCUT2D eigenvalue weighted by Crippen LogP contribution is -1.98. The normalized spacial score (nSPS) is 11.5. The molecule has 0 N–H and O–H groups in total. The Morgan fingerprint density at radius 2 is 1.53 bits per heavy atom. The van der Waals surface area contributed by atoms with E-state index < -0.39 is 0 Å². The molecule has 0 aliphatic carbocycles. The number of hydrogen-bond donors (Lipinski definition) is 0. The van der Waals surface area contributed by atoms with Crippen molar-refractivity contribution in [3.05, 3.63) is 109 Å². The van der Waals surface area contributed by atoms with Gasteiger partial charge in [0.1, 0.15) is 17.2 Å².